The summed E-state index contributed by atoms with van der Waals surface area (Å²) < 4.78 is 14.4. The lowest BCUT2D eigenvalue weighted by molar-refractivity contribution is -0.153. The number of carbonyl (C=O) groups excluding carboxylic acids is 1. The number of methoxy groups -OCH3 is 1. The molecule has 1 aromatic carbocycles. The Morgan fingerprint density at radius 2 is 2.03 bits per heavy atom. The van der Waals surface area contributed by atoms with E-state index in [1.54, 1.807) is 11.3 Å². The molecule has 0 bridgehead atoms. The van der Waals surface area contributed by atoms with E-state index >= 15 is 0 Å². The van der Waals surface area contributed by atoms with Crippen molar-refractivity contribution >= 4 is 47.6 Å². The van der Waals surface area contributed by atoms with E-state index in [1.807, 2.05) is 17.8 Å². The molecule has 0 aliphatic heterocycles. The van der Waals surface area contributed by atoms with Crippen LogP contribution in [0.3, 0.4) is 0 Å². The molecule has 4 nitrogen and oxygen atoms in total. The van der Waals surface area contributed by atoms with Crippen LogP contribution in [0.5, 0.6) is 0 Å². The summed E-state index contributed by atoms with van der Waals surface area (Å²) in [5, 5.41) is 0.613. The highest BCUT2D eigenvalue weighted by molar-refractivity contribution is 8.01. The van der Waals surface area contributed by atoms with Gasteiger partial charge in [0, 0.05) is 5.25 Å². The van der Waals surface area contributed by atoms with Crippen LogP contribution >= 0.6 is 23.1 Å². The van der Waals surface area contributed by atoms with Gasteiger partial charge in [0.2, 0.25) is 0 Å². The number of fused-ring (bicyclic) bond motifs is 1. The first kappa shape index (κ1) is 26.7. The van der Waals surface area contributed by atoms with E-state index in [-0.39, 0.29) is 28.4 Å². The van der Waals surface area contributed by atoms with E-state index in [4.69, 9.17) is 14.1 Å². The first-order chi connectivity index (χ1) is 15.3. The van der Waals surface area contributed by atoms with Gasteiger partial charge in [-0.25, -0.2) is 4.98 Å². The normalized spacial score (nSPS) is 25.2. The van der Waals surface area contributed by atoms with Crippen molar-refractivity contribution in [2.45, 2.75) is 101 Å². The van der Waals surface area contributed by atoms with Crippen molar-refractivity contribution in [2.75, 3.05) is 7.11 Å². The van der Waals surface area contributed by atoms with Gasteiger partial charge in [-0.05, 0) is 67.8 Å². The predicted octanol–water partition coefficient (Wildman–Crippen LogP) is 7.93. The Labute approximate surface area is 209 Å². The van der Waals surface area contributed by atoms with E-state index in [0.717, 1.165) is 42.0 Å². The summed E-state index contributed by atoms with van der Waals surface area (Å²) in [7, 11) is -0.442. The molecule has 1 unspecified atom stereocenters. The van der Waals surface area contributed by atoms with Crippen LogP contribution in [0.2, 0.25) is 18.1 Å². The highest BCUT2D eigenvalue weighted by atomic mass is 32.2. The van der Waals surface area contributed by atoms with Gasteiger partial charge in [0.15, 0.2) is 12.7 Å². The largest absolute Gasteiger partial charge is 0.469 e. The molecule has 1 aliphatic rings. The zero-order chi connectivity index (χ0) is 24.4. The second kappa shape index (κ2) is 10.4. The van der Waals surface area contributed by atoms with Gasteiger partial charge in [-0.1, -0.05) is 58.5 Å². The number of ether oxygens (including phenoxy) is 1. The molecule has 184 valence electrons. The van der Waals surface area contributed by atoms with Crippen LogP contribution in [0, 0.1) is 11.3 Å². The van der Waals surface area contributed by atoms with Crippen LogP contribution in [0.1, 0.15) is 66.7 Å². The molecule has 1 fully saturated rings. The number of hydrogen-bond acceptors (Lipinski definition) is 6. The van der Waals surface area contributed by atoms with Crippen molar-refractivity contribution in [3.05, 3.63) is 24.3 Å². The third-order valence-electron chi connectivity index (χ3n) is 7.68. The predicted molar refractivity (Wildman–Crippen MR) is 144 cm³/mol. The monoisotopic (exact) mass is 507 g/mol. The summed E-state index contributed by atoms with van der Waals surface area (Å²) in [5.74, 6) is -0.281. The Morgan fingerprint density at radius 1 is 1.33 bits per heavy atom. The summed E-state index contributed by atoms with van der Waals surface area (Å²) in [6.45, 7) is 16.0. The number of benzene rings is 1. The Balaban J connectivity index is 1.61. The molecule has 3 rings (SSSR count). The van der Waals surface area contributed by atoms with E-state index in [9.17, 15) is 4.79 Å². The van der Waals surface area contributed by atoms with Gasteiger partial charge in [-0.2, -0.15) is 0 Å². The standard InChI is InChI=1S/C26H41NO3S2Si/c1-18(31-24-27-20-11-9-10-12-22(20)32-24)13-15-26(5)16-14-21(19(17-26)23(28)29-6)30-33(7,8)25(2,3)4/h9-12,18-19,21H,13-17H2,1-8H3/t18?,19-,21+,26-/m0/s1. The molecule has 0 amide bonds. The number of aromatic nitrogens is 1. The third-order valence-corrected chi connectivity index (χ3v) is 14.5. The quantitative estimate of drug-likeness (QED) is 0.206. The van der Waals surface area contributed by atoms with Crippen molar-refractivity contribution in [2.24, 2.45) is 11.3 Å². The molecule has 4 atom stereocenters. The zero-order valence-corrected chi connectivity index (χ0v) is 24.2. The molecule has 1 saturated carbocycles. The average Bonchev–Trinajstić information content (AvgIpc) is 3.14. The minimum Gasteiger partial charge on any atom is -0.469 e. The lowest BCUT2D eigenvalue weighted by Crippen LogP contribution is -2.50. The summed E-state index contributed by atoms with van der Waals surface area (Å²) in [6, 6.07) is 8.34. The van der Waals surface area contributed by atoms with Crippen LogP contribution in [0.15, 0.2) is 28.6 Å². The molecule has 2 aromatic rings. The van der Waals surface area contributed by atoms with Gasteiger partial charge >= 0.3 is 5.97 Å². The van der Waals surface area contributed by atoms with Crippen molar-refractivity contribution in [1.82, 2.24) is 4.98 Å². The lowest BCUT2D eigenvalue weighted by atomic mass is 9.67. The minimum absolute atomic E-state index is 0.0269. The van der Waals surface area contributed by atoms with Gasteiger partial charge in [-0.3, -0.25) is 4.79 Å². The fraction of sp³-hybridized carbons (Fsp3) is 0.692. The van der Waals surface area contributed by atoms with Crippen molar-refractivity contribution in [1.29, 1.82) is 0 Å². The van der Waals surface area contributed by atoms with Crippen molar-refractivity contribution < 1.29 is 14.0 Å². The van der Waals surface area contributed by atoms with Gasteiger partial charge in [0.05, 0.1) is 29.3 Å². The number of para-hydroxylation sites is 1. The Bertz CT molecular complexity index is 921. The smallest absolute Gasteiger partial charge is 0.311 e. The number of rotatable bonds is 8. The van der Waals surface area contributed by atoms with Gasteiger partial charge in [-0.15, -0.1) is 11.3 Å². The Hall–Kier alpha value is -0.893. The molecule has 0 saturated heterocycles. The van der Waals surface area contributed by atoms with Crippen LogP contribution in [-0.4, -0.2) is 37.7 Å². The maximum absolute atomic E-state index is 12.8. The molecule has 1 heterocycles. The average molecular weight is 508 g/mol. The first-order valence-electron chi connectivity index (χ1n) is 12.1. The van der Waals surface area contributed by atoms with Crippen LogP contribution in [0.4, 0.5) is 0 Å². The SMILES string of the molecule is COC(=O)[C@H]1C[C@@](C)(CCC(C)Sc2nc3ccccc3s2)CC[C@H]1O[Si](C)(C)C(C)(C)C. The summed E-state index contributed by atoms with van der Waals surface area (Å²) >= 11 is 3.65. The molecule has 0 radical (unpaired) electrons. The zero-order valence-electron chi connectivity index (χ0n) is 21.6. The molecular weight excluding hydrogens is 467 g/mol. The lowest BCUT2D eigenvalue weighted by Gasteiger charge is -2.46. The maximum atomic E-state index is 12.8. The number of thiazole rings is 1. The van der Waals surface area contributed by atoms with Gasteiger partial charge < -0.3 is 9.16 Å². The number of nitrogens with zero attached hydrogens (tertiary/aromatic N) is 1. The molecule has 0 N–H and O–H groups in total. The van der Waals surface area contributed by atoms with Gasteiger partial charge in [0.25, 0.3) is 0 Å². The summed E-state index contributed by atoms with van der Waals surface area (Å²) in [6.07, 6.45) is 5.06. The number of carbonyl (C=O) groups is 1. The topological polar surface area (TPSA) is 48.4 Å². The molecule has 1 aliphatic carbocycles. The molecule has 33 heavy (non-hydrogen) atoms. The van der Waals surface area contributed by atoms with Gasteiger partial charge in [0.1, 0.15) is 0 Å². The Kier molecular flexibility index (Phi) is 8.40. The second-order valence-corrected chi connectivity index (χ2v) is 19.0. The minimum atomic E-state index is -1.95. The Morgan fingerprint density at radius 3 is 2.67 bits per heavy atom. The maximum Gasteiger partial charge on any atom is 0.311 e. The van der Waals surface area contributed by atoms with E-state index in [1.165, 1.54) is 11.8 Å². The van der Waals surface area contributed by atoms with Crippen LogP contribution < -0.4 is 0 Å². The van der Waals surface area contributed by atoms with Crippen LogP contribution in [-0.2, 0) is 14.0 Å². The fourth-order valence-corrected chi connectivity index (χ4v) is 8.23. The fourth-order valence-electron chi connectivity index (χ4n) is 4.45. The number of hydrogen-bond donors (Lipinski definition) is 0. The first-order valence-corrected chi connectivity index (χ1v) is 16.7. The second-order valence-electron chi connectivity index (χ2n) is 11.5. The van der Waals surface area contributed by atoms with E-state index < -0.39 is 8.32 Å². The van der Waals surface area contributed by atoms with Crippen molar-refractivity contribution in [3.63, 3.8) is 0 Å². The molecular formula is C26H41NO3S2Si. The van der Waals surface area contributed by atoms with Crippen LogP contribution in [0.25, 0.3) is 10.2 Å². The highest BCUT2D eigenvalue weighted by Crippen LogP contribution is 2.47. The highest BCUT2D eigenvalue weighted by Gasteiger charge is 2.47. The number of thioether (sulfide) groups is 1. The third kappa shape index (κ3) is 6.62. The summed E-state index contributed by atoms with van der Waals surface area (Å²) in [4.78, 5) is 17.5. The van der Waals surface area contributed by atoms with E-state index in [2.05, 4.69) is 65.9 Å². The molecule has 0 spiro atoms. The number of esters is 1. The summed E-state index contributed by atoms with van der Waals surface area (Å²) in [5.41, 5.74) is 1.22. The molecule has 1 aromatic heterocycles. The van der Waals surface area contributed by atoms with Crippen molar-refractivity contribution in [3.8, 4) is 0 Å². The molecule has 7 heteroatoms. The van der Waals surface area contributed by atoms with E-state index in [0.29, 0.717) is 5.25 Å².